The maximum Gasteiger partial charge on any atom is 0.354 e. The molecule has 5 nitrogen and oxygen atoms in total. The normalized spacial score (nSPS) is 16.4. The SMILES string of the molecule is C=Cc1cc(C(=O)OC)n(C/C(=C/S)NN2CCCCC2)c1. The number of carbonyl (C=O) groups is 1. The Morgan fingerprint density at radius 1 is 1.45 bits per heavy atom. The Hall–Kier alpha value is -1.66. The second kappa shape index (κ2) is 8.10. The third-order valence-corrected chi connectivity index (χ3v) is 4.01. The van der Waals surface area contributed by atoms with Crippen LogP contribution in [0.5, 0.6) is 0 Å². The Labute approximate surface area is 137 Å². The molecular formula is C16H23N3O2S. The molecule has 120 valence electrons. The molecule has 0 aromatic carbocycles. The number of nitrogens with one attached hydrogen (secondary N) is 1. The van der Waals surface area contributed by atoms with Crippen LogP contribution in [0.25, 0.3) is 6.08 Å². The highest BCUT2D eigenvalue weighted by Gasteiger charge is 2.16. The van der Waals surface area contributed by atoms with Gasteiger partial charge < -0.3 is 14.7 Å². The number of ether oxygens (including phenoxy) is 1. The van der Waals surface area contributed by atoms with Crippen molar-refractivity contribution in [2.45, 2.75) is 25.8 Å². The van der Waals surface area contributed by atoms with Crippen LogP contribution in [0.3, 0.4) is 0 Å². The van der Waals surface area contributed by atoms with Gasteiger partial charge in [0.05, 0.1) is 19.4 Å². The highest BCUT2D eigenvalue weighted by atomic mass is 32.1. The van der Waals surface area contributed by atoms with E-state index in [-0.39, 0.29) is 5.97 Å². The molecule has 6 heteroatoms. The molecule has 1 saturated heterocycles. The van der Waals surface area contributed by atoms with Gasteiger partial charge >= 0.3 is 5.97 Å². The summed E-state index contributed by atoms with van der Waals surface area (Å²) in [5, 5.41) is 3.94. The molecule has 22 heavy (non-hydrogen) atoms. The van der Waals surface area contributed by atoms with E-state index in [0.29, 0.717) is 12.2 Å². The first-order valence-electron chi connectivity index (χ1n) is 7.43. The number of carbonyl (C=O) groups excluding carboxylic acids is 1. The molecule has 1 aromatic heterocycles. The number of nitrogens with zero attached hydrogens (tertiary/aromatic N) is 2. The molecule has 1 aromatic rings. The van der Waals surface area contributed by atoms with Crippen molar-refractivity contribution < 1.29 is 9.53 Å². The fourth-order valence-corrected chi connectivity index (χ4v) is 2.69. The quantitative estimate of drug-likeness (QED) is 0.625. The van der Waals surface area contributed by atoms with Gasteiger partial charge in [0.2, 0.25) is 0 Å². The van der Waals surface area contributed by atoms with Crippen LogP contribution in [-0.2, 0) is 11.3 Å². The molecule has 0 atom stereocenters. The van der Waals surface area contributed by atoms with Crippen LogP contribution in [-0.4, -0.2) is 35.7 Å². The fraction of sp³-hybridized carbons (Fsp3) is 0.438. The van der Waals surface area contributed by atoms with Crippen LogP contribution >= 0.6 is 12.6 Å². The van der Waals surface area contributed by atoms with E-state index < -0.39 is 0 Å². The van der Waals surface area contributed by atoms with Gasteiger partial charge in [-0.25, -0.2) is 9.80 Å². The highest BCUT2D eigenvalue weighted by Crippen LogP contribution is 2.14. The number of hydrazine groups is 1. The second-order valence-corrected chi connectivity index (χ2v) is 5.55. The molecule has 0 aliphatic carbocycles. The van der Waals surface area contributed by atoms with Crippen LogP contribution < -0.4 is 5.43 Å². The first-order valence-corrected chi connectivity index (χ1v) is 7.95. The molecule has 0 spiro atoms. The van der Waals surface area contributed by atoms with Crippen molar-refractivity contribution in [2.24, 2.45) is 0 Å². The van der Waals surface area contributed by atoms with E-state index in [9.17, 15) is 4.79 Å². The number of rotatable bonds is 6. The first-order chi connectivity index (χ1) is 10.7. The Morgan fingerprint density at radius 2 is 2.18 bits per heavy atom. The summed E-state index contributed by atoms with van der Waals surface area (Å²) in [6.45, 7) is 6.32. The predicted octanol–water partition coefficient (Wildman–Crippen LogP) is 2.68. The summed E-state index contributed by atoms with van der Waals surface area (Å²) >= 11 is 4.28. The standard InChI is InChI=1S/C16H23N3O2S/c1-3-13-9-15(16(20)21-2)18(10-13)11-14(12-22)17-19-7-5-4-6-8-19/h3,9-10,12,17,22H,1,4-8,11H2,2H3/b14-12-. The largest absolute Gasteiger partial charge is 0.464 e. The fourth-order valence-electron chi connectivity index (χ4n) is 2.55. The van der Waals surface area contributed by atoms with Crippen molar-refractivity contribution in [2.75, 3.05) is 20.2 Å². The minimum absolute atomic E-state index is 0.357. The molecule has 1 aliphatic heterocycles. The van der Waals surface area contributed by atoms with Gasteiger partial charge in [0.25, 0.3) is 0 Å². The Bertz CT molecular complexity index is 560. The lowest BCUT2D eigenvalue weighted by Crippen LogP contribution is -2.41. The van der Waals surface area contributed by atoms with E-state index in [1.54, 1.807) is 17.6 Å². The van der Waals surface area contributed by atoms with Gasteiger partial charge in [-0.15, -0.1) is 12.6 Å². The van der Waals surface area contributed by atoms with Crippen molar-refractivity contribution >= 4 is 24.7 Å². The van der Waals surface area contributed by atoms with Crippen molar-refractivity contribution in [1.82, 2.24) is 15.0 Å². The Morgan fingerprint density at radius 3 is 2.77 bits per heavy atom. The summed E-state index contributed by atoms with van der Waals surface area (Å²) in [4.78, 5) is 11.9. The first kappa shape index (κ1) is 16.7. The van der Waals surface area contributed by atoms with Crippen molar-refractivity contribution in [3.05, 3.63) is 41.2 Å². The van der Waals surface area contributed by atoms with Gasteiger partial charge in [0, 0.05) is 19.3 Å². The number of hydrogen-bond acceptors (Lipinski definition) is 5. The van der Waals surface area contributed by atoms with Gasteiger partial charge in [0.15, 0.2) is 0 Å². The zero-order chi connectivity index (χ0) is 15.9. The van der Waals surface area contributed by atoms with Gasteiger partial charge in [0.1, 0.15) is 5.69 Å². The summed E-state index contributed by atoms with van der Waals surface area (Å²) in [5.74, 6) is -0.357. The second-order valence-electron chi connectivity index (χ2n) is 5.30. The summed E-state index contributed by atoms with van der Waals surface area (Å²) in [6.07, 6.45) is 7.28. The third kappa shape index (κ3) is 4.18. The van der Waals surface area contributed by atoms with Gasteiger partial charge in [-0.1, -0.05) is 19.1 Å². The minimum Gasteiger partial charge on any atom is -0.464 e. The lowest BCUT2D eigenvalue weighted by molar-refractivity contribution is 0.0588. The number of hydrogen-bond donors (Lipinski definition) is 2. The van der Waals surface area contributed by atoms with E-state index in [1.807, 2.05) is 10.8 Å². The minimum atomic E-state index is -0.357. The highest BCUT2D eigenvalue weighted by molar-refractivity contribution is 7.83. The van der Waals surface area contributed by atoms with E-state index in [1.165, 1.54) is 26.4 Å². The van der Waals surface area contributed by atoms with Crippen LogP contribution in [0.4, 0.5) is 0 Å². The van der Waals surface area contributed by atoms with Crippen LogP contribution in [0.15, 0.2) is 29.9 Å². The molecule has 0 radical (unpaired) electrons. The Balaban J connectivity index is 2.11. The van der Waals surface area contributed by atoms with Crippen LogP contribution in [0, 0.1) is 0 Å². The molecule has 0 bridgehead atoms. The van der Waals surface area contributed by atoms with E-state index in [0.717, 1.165) is 24.4 Å². The number of piperidine rings is 1. The number of aromatic nitrogens is 1. The van der Waals surface area contributed by atoms with Gasteiger partial charge in [-0.2, -0.15) is 0 Å². The lowest BCUT2D eigenvalue weighted by atomic mass is 10.2. The van der Waals surface area contributed by atoms with Crippen LogP contribution in [0.2, 0.25) is 0 Å². The van der Waals surface area contributed by atoms with Crippen molar-refractivity contribution in [3.63, 3.8) is 0 Å². The Kier molecular flexibility index (Phi) is 6.15. The number of thiol groups is 1. The molecule has 2 rings (SSSR count). The molecule has 1 aliphatic rings. The van der Waals surface area contributed by atoms with E-state index in [2.05, 4.69) is 29.6 Å². The molecule has 2 heterocycles. The lowest BCUT2D eigenvalue weighted by Gasteiger charge is -2.29. The summed E-state index contributed by atoms with van der Waals surface area (Å²) < 4.78 is 6.69. The monoisotopic (exact) mass is 321 g/mol. The maximum absolute atomic E-state index is 11.9. The number of esters is 1. The van der Waals surface area contributed by atoms with Crippen molar-refractivity contribution in [3.8, 4) is 0 Å². The summed E-state index contributed by atoms with van der Waals surface area (Å²) in [5.41, 5.74) is 5.71. The molecule has 0 saturated carbocycles. The van der Waals surface area contributed by atoms with E-state index >= 15 is 0 Å². The zero-order valence-corrected chi connectivity index (χ0v) is 13.8. The summed E-state index contributed by atoms with van der Waals surface area (Å²) in [7, 11) is 1.38. The molecule has 0 amide bonds. The molecular weight excluding hydrogens is 298 g/mol. The van der Waals surface area contributed by atoms with Gasteiger partial charge in [-0.3, -0.25) is 0 Å². The average molecular weight is 321 g/mol. The van der Waals surface area contributed by atoms with Crippen LogP contribution in [0.1, 0.15) is 35.3 Å². The van der Waals surface area contributed by atoms with Gasteiger partial charge in [-0.05, 0) is 29.9 Å². The number of allylic oxidation sites excluding steroid dienone is 1. The smallest absolute Gasteiger partial charge is 0.354 e. The molecule has 0 unspecified atom stereocenters. The third-order valence-electron chi connectivity index (χ3n) is 3.70. The summed E-state index contributed by atoms with van der Waals surface area (Å²) in [6, 6.07) is 1.77. The molecule has 1 N–H and O–H groups in total. The topological polar surface area (TPSA) is 46.5 Å². The van der Waals surface area contributed by atoms with E-state index in [4.69, 9.17) is 4.74 Å². The van der Waals surface area contributed by atoms with Crippen molar-refractivity contribution in [1.29, 1.82) is 0 Å². The predicted molar refractivity (Wildman–Crippen MR) is 91.5 cm³/mol. The average Bonchev–Trinajstić information content (AvgIpc) is 2.97. The zero-order valence-electron chi connectivity index (χ0n) is 12.9. The maximum atomic E-state index is 11.9. The number of methoxy groups -OCH3 is 1. The molecule has 1 fully saturated rings.